The van der Waals surface area contributed by atoms with Crippen molar-refractivity contribution in [3.8, 4) is 5.75 Å². The molecule has 0 unspecified atom stereocenters. The van der Waals surface area contributed by atoms with Gasteiger partial charge in [-0.3, -0.25) is 4.79 Å². The van der Waals surface area contributed by atoms with Crippen molar-refractivity contribution in [3.63, 3.8) is 0 Å². The SMILES string of the molecule is COc1cc(C(=O)N(C)c2ccccc2N2CCCCC2)ccc1N. The molecule has 5 heteroatoms. The molecule has 1 fully saturated rings. The lowest BCUT2D eigenvalue weighted by Gasteiger charge is -2.32. The molecule has 1 saturated heterocycles. The summed E-state index contributed by atoms with van der Waals surface area (Å²) in [7, 11) is 3.36. The van der Waals surface area contributed by atoms with Gasteiger partial charge in [-0.15, -0.1) is 0 Å². The van der Waals surface area contributed by atoms with Crippen LogP contribution in [-0.4, -0.2) is 33.2 Å². The second kappa shape index (κ2) is 7.47. The van der Waals surface area contributed by atoms with Crippen molar-refractivity contribution in [1.82, 2.24) is 0 Å². The molecule has 1 heterocycles. The van der Waals surface area contributed by atoms with Gasteiger partial charge in [0.2, 0.25) is 0 Å². The fraction of sp³-hybridized carbons (Fsp3) is 0.350. The summed E-state index contributed by atoms with van der Waals surface area (Å²) in [6, 6.07) is 13.2. The summed E-state index contributed by atoms with van der Waals surface area (Å²) < 4.78 is 5.24. The molecular weight excluding hydrogens is 314 g/mol. The maximum absolute atomic E-state index is 13.0. The van der Waals surface area contributed by atoms with Gasteiger partial charge in [0.05, 0.1) is 24.2 Å². The minimum absolute atomic E-state index is 0.0808. The molecule has 0 atom stereocenters. The van der Waals surface area contributed by atoms with Gasteiger partial charge in [0.25, 0.3) is 5.91 Å². The smallest absolute Gasteiger partial charge is 0.258 e. The number of carbonyl (C=O) groups is 1. The number of piperidine rings is 1. The Bertz CT molecular complexity index is 754. The second-order valence-corrected chi connectivity index (χ2v) is 6.36. The van der Waals surface area contributed by atoms with Crippen molar-refractivity contribution >= 4 is 23.0 Å². The molecule has 25 heavy (non-hydrogen) atoms. The maximum atomic E-state index is 13.0. The first-order valence-electron chi connectivity index (χ1n) is 8.67. The third kappa shape index (κ3) is 3.55. The summed E-state index contributed by atoms with van der Waals surface area (Å²) in [6.07, 6.45) is 3.67. The molecule has 1 aliphatic rings. The maximum Gasteiger partial charge on any atom is 0.258 e. The van der Waals surface area contributed by atoms with E-state index in [1.165, 1.54) is 19.3 Å². The van der Waals surface area contributed by atoms with Crippen LogP contribution in [0.3, 0.4) is 0 Å². The van der Waals surface area contributed by atoms with E-state index in [0.29, 0.717) is 17.0 Å². The number of para-hydroxylation sites is 2. The van der Waals surface area contributed by atoms with Crippen LogP contribution in [0.15, 0.2) is 42.5 Å². The van der Waals surface area contributed by atoms with Gasteiger partial charge < -0.3 is 20.3 Å². The summed E-state index contributed by atoms with van der Waals surface area (Å²) in [5, 5.41) is 0. The van der Waals surface area contributed by atoms with E-state index < -0.39 is 0 Å². The average molecular weight is 339 g/mol. The van der Waals surface area contributed by atoms with Gasteiger partial charge in [-0.1, -0.05) is 12.1 Å². The molecule has 0 aliphatic carbocycles. The van der Waals surface area contributed by atoms with E-state index in [-0.39, 0.29) is 5.91 Å². The number of benzene rings is 2. The zero-order chi connectivity index (χ0) is 17.8. The van der Waals surface area contributed by atoms with Crippen molar-refractivity contribution in [2.45, 2.75) is 19.3 Å². The lowest BCUT2D eigenvalue weighted by molar-refractivity contribution is 0.0992. The van der Waals surface area contributed by atoms with Crippen molar-refractivity contribution in [1.29, 1.82) is 0 Å². The van der Waals surface area contributed by atoms with Gasteiger partial charge in [-0.2, -0.15) is 0 Å². The minimum Gasteiger partial charge on any atom is -0.495 e. The van der Waals surface area contributed by atoms with Gasteiger partial charge in [0.15, 0.2) is 0 Å². The Morgan fingerprint density at radius 2 is 1.84 bits per heavy atom. The summed E-state index contributed by atoms with van der Waals surface area (Å²) in [5.41, 5.74) is 8.97. The number of nitrogens with zero attached hydrogens (tertiary/aromatic N) is 2. The van der Waals surface area contributed by atoms with Crippen molar-refractivity contribution in [3.05, 3.63) is 48.0 Å². The van der Waals surface area contributed by atoms with Crippen LogP contribution in [0.4, 0.5) is 17.1 Å². The number of hydrogen-bond acceptors (Lipinski definition) is 4. The number of rotatable bonds is 4. The van der Waals surface area contributed by atoms with Crippen molar-refractivity contribution < 1.29 is 9.53 Å². The van der Waals surface area contributed by atoms with E-state index in [4.69, 9.17) is 10.5 Å². The predicted molar refractivity (Wildman–Crippen MR) is 103 cm³/mol. The predicted octanol–water partition coefficient (Wildman–Crippen LogP) is 3.54. The zero-order valence-corrected chi connectivity index (χ0v) is 14.9. The number of nitrogens with two attached hydrogens (primary N) is 1. The first-order valence-corrected chi connectivity index (χ1v) is 8.67. The van der Waals surface area contributed by atoms with Gasteiger partial charge in [0.1, 0.15) is 5.75 Å². The highest BCUT2D eigenvalue weighted by Gasteiger charge is 2.21. The molecular formula is C20H25N3O2. The quantitative estimate of drug-likeness (QED) is 0.866. The number of ether oxygens (including phenoxy) is 1. The number of amides is 1. The Labute approximate surface area is 149 Å². The number of hydrogen-bond donors (Lipinski definition) is 1. The Kier molecular flexibility index (Phi) is 5.12. The molecule has 0 bridgehead atoms. The molecule has 1 amide bonds. The summed E-state index contributed by atoms with van der Waals surface area (Å²) in [4.78, 5) is 17.0. The van der Waals surface area contributed by atoms with Gasteiger partial charge in [-0.25, -0.2) is 0 Å². The van der Waals surface area contributed by atoms with Crippen LogP contribution in [0.5, 0.6) is 5.75 Å². The first kappa shape index (κ1) is 17.1. The molecule has 1 aliphatic heterocycles. The van der Waals surface area contributed by atoms with Crippen LogP contribution in [0, 0.1) is 0 Å². The van der Waals surface area contributed by atoms with Crippen molar-refractivity contribution in [2.75, 3.05) is 42.8 Å². The van der Waals surface area contributed by atoms with Gasteiger partial charge >= 0.3 is 0 Å². The number of anilines is 3. The van der Waals surface area contributed by atoms with E-state index in [1.807, 2.05) is 25.2 Å². The third-order valence-electron chi connectivity index (χ3n) is 4.72. The normalized spacial score (nSPS) is 14.2. The Morgan fingerprint density at radius 3 is 2.56 bits per heavy atom. The molecule has 0 saturated carbocycles. The molecule has 0 radical (unpaired) electrons. The second-order valence-electron chi connectivity index (χ2n) is 6.36. The number of carbonyl (C=O) groups excluding carboxylic acids is 1. The Balaban J connectivity index is 1.90. The molecule has 0 aromatic heterocycles. The van der Waals surface area contributed by atoms with Crippen LogP contribution < -0.4 is 20.3 Å². The minimum atomic E-state index is -0.0808. The molecule has 5 nitrogen and oxygen atoms in total. The van der Waals surface area contributed by atoms with Gasteiger partial charge in [-0.05, 0) is 49.6 Å². The molecule has 3 rings (SSSR count). The lowest BCUT2D eigenvalue weighted by Crippen LogP contribution is -2.33. The van der Waals surface area contributed by atoms with Crippen LogP contribution in [-0.2, 0) is 0 Å². The van der Waals surface area contributed by atoms with Crippen LogP contribution in [0.1, 0.15) is 29.6 Å². The molecule has 2 N–H and O–H groups in total. The zero-order valence-electron chi connectivity index (χ0n) is 14.9. The highest BCUT2D eigenvalue weighted by molar-refractivity contribution is 6.07. The van der Waals surface area contributed by atoms with Crippen LogP contribution in [0.2, 0.25) is 0 Å². The first-order chi connectivity index (χ1) is 12.1. The fourth-order valence-electron chi connectivity index (χ4n) is 3.30. The number of nitrogen functional groups attached to an aromatic ring is 1. The highest BCUT2D eigenvalue weighted by atomic mass is 16.5. The van der Waals surface area contributed by atoms with Crippen molar-refractivity contribution in [2.24, 2.45) is 0 Å². The topological polar surface area (TPSA) is 58.8 Å². The third-order valence-corrected chi connectivity index (χ3v) is 4.72. The standard InChI is InChI=1S/C20H25N3O2/c1-22(20(24)15-10-11-16(21)19(14-15)25-2)17-8-4-5-9-18(17)23-12-6-3-7-13-23/h4-5,8-11,14H,3,6-7,12-13,21H2,1-2H3. The average Bonchev–Trinajstić information content (AvgIpc) is 2.68. The largest absolute Gasteiger partial charge is 0.495 e. The van der Waals surface area contributed by atoms with Crippen LogP contribution in [0.25, 0.3) is 0 Å². The molecule has 132 valence electrons. The van der Waals surface area contributed by atoms with E-state index in [2.05, 4.69) is 11.0 Å². The summed E-state index contributed by atoms with van der Waals surface area (Å²) in [5.74, 6) is 0.436. The molecule has 2 aromatic carbocycles. The number of methoxy groups -OCH3 is 1. The Morgan fingerprint density at radius 1 is 1.12 bits per heavy atom. The van der Waals surface area contributed by atoms with E-state index in [1.54, 1.807) is 30.2 Å². The lowest BCUT2D eigenvalue weighted by atomic mass is 10.1. The Hall–Kier alpha value is -2.69. The molecule has 0 spiro atoms. The van der Waals surface area contributed by atoms with E-state index >= 15 is 0 Å². The van der Waals surface area contributed by atoms with E-state index in [0.717, 1.165) is 24.5 Å². The summed E-state index contributed by atoms with van der Waals surface area (Å²) >= 11 is 0. The van der Waals surface area contributed by atoms with Gasteiger partial charge in [0, 0.05) is 25.7 Å². The summed E-state index contributed by atoms with van der Waals surface area (Å²) in [6.45, 7) is 2.07. The van der Waals surface area contributed by atoms with Crippen LogP contribution >= 0.6 is 0 Å². The van der Waals surface area contributed by atoms with E-state index in [9.17, 15) is 4.79 Å². The fourth-order valence-corrected chi connectivity index (χ4v) is 3.30. The highest BCUT2D eigenvalue weighted by Crippen LogP contribution is 2.32. The monoisotopic (exact) mass is 339 g/mol. The molecule has 2 aromatic rings.